The Labute approximate surface area is 93.9 Å². The molecule has 14 heavy (non-hydrogen) atoms. The van der Waals surface area contributed by atoms with E-state index in [0.717, 1.165) is 32.5 Å². The number of hydrogen-bond acceptors (Lipinski definition) is 3. The van der Waals surface area contributed by atoms with Gasteiger partial charge in [0.25, 0.3) is 0 Å². The highest BCUT2D eigenvalue weighted by atomic mass is 79.9. The summed E-state index contributed by atoms with van der Waals surface area (Å²) in [4.78, 5) is 11.6. The average Bonchev–Trinajstić information content (AvgIpc) is 2.54. The number of nitrogen functional groups attached to an aromatic ring is 1. The zero-order valence-electron chi connectivity index (χ0n) is 7.29. The summed E-state index contributed by atoms with van der Waals surface area (Å²) in [5.74, 6) is 0. The maximum atomic E-state index is 10.8. The SMILES string of the molecule is Nc1ccc2sc(C=O)c(CBr)c2c1. The molecule has 1 aromatic carbocycles. The van der Waals surface area contributed by atoms with Crippen molar-refractivity contribution in [1.29, 1.82) is 0 Å². The van der Waals surface area contributed by atoms with Crippen molar-refractivity contribution in [2.24, 2.45) is 0 Å². The summed E-state index contributed by atoms with van der Waals surface area (Å²) in [7, 11) is 0. The lowest BCUT2D eigenvalue weighted by molar-refractivity contribution is 0.112. The highest BCUT2D eigenvalue weighted by Gasteiger charge is 2.10. The van der Waals surface area contributed by atoms with Crippen molar-refractivity contribution in [2.75, 3.05) is 5.73 Å². The van der Waals surface area contributed by atoms with Gasteiger partial charge in [0.05, 0.1) is 4.88 Å². The fourth-order valence-corrected chi connectivity index (χ4v) is 3.23. The number of carbonyl (C=O) groups is 1. The van der Waals surface area contributed by atoms with Crippen LogP contribution in [0.25, 0.3) is 10.1 Å². The fraction of sp³-hybridized carbons (Fsp3) is 0.100. The van der Waals surface area contributed by atoms with Crippen LogP contribution in [0.2, 0.25) is 0 Å². The predicted molar refractivity (Wildman–Crippen MR) is 64.3 cm³/mol. The topological polar surface area (TPSA) is 43.1 Å². The molecule has 1 heterocycles. The number of rotatable bonds is 2. The first kappa shape index (κ1) is 9.68. The molecule has 2 N–H and O–H groups in total. The summed E-state index contributed by atoms with van der Waals surface area (Å²) in [6.45, 7) is 0. The van der Waals surface area contributed by atoms with E-state index in [1.807, 2.05) is 18.2 Å². The number of alkyl halides is 1. The molecule has 0 aliphatic carbocycles. The zero-order chi connectivity index (χ0) is 10.1. The highest BCUT2D eigenvalue weighted by Crippen LogP contribution is 2.32. The minimum absolute atomic E-state index is 0.685. The van der Waals surface area contributed by atoms with Gasteiger partial charge in [-0.2, -0.15) is 0 Å². The van der Waals surface area contributed by atoms with Crippen LogP contribution in [-0.4, -0.2) is 6.29 Å². The third kappa shape index (κ3) is 1.44. The van der Waals surface area contributed by atoms with Crippen LogP contribution < -0.4 is 5.73 Å². The molecule has 0 spiro atoms. The Balaban J connectivity index is 2.81. The Morgan fingerprint density at radius 3 is 2.93 bits per heavy atom. The van der Waals surface area contributed by atoms with Crippen molar-refractivity contribution in [3.63, 3.8) is 0 Å². The van der Waals surface area contributed by atoms with E-state index in [1.165, 1.54) is 11.3 Å². The van der Waals surface area contributed by atoms with Crippen molar-refractivity contribution in [1.82, 2.24) is 0 Å². The molecule has 0 bridgehead atoms. The quantitative estimate of drug-likeness (QED) is 0.517. The lowest BCUT2D eigenvalue weighted by Crippen LogP contribution is -1.84. The minimum atomic E-state index is 0.685. The molecule has 0 unspecified atom stereocenters. The van der Waals surface area contributed by atoms with Gasteiger partial charge in [-0.1, -0.05) is 15.9 Å². The summed E-state index contributed by atoms with van der Waals surface area (Å²) in [5.41, 5.74) is 7.47. The number of benzene rings is 1. The monoisotopic (exact) mass is 269 g/mol. The smallest absolute Gasteiger partial charge is 0.160 e. The van der Waals surface area contributed by atoms with Crippen molar-refractivity contribution < 1.29 is 4.79 Å². The van der Waals surface area contributed by atoms with Crippen molar-refractivity contribution in [3.8, 4) is 0 Å². The first-order valence-electron chi connectivity index (χ1n) is 4.08. The Bertz CT molecular complexity index is 492. The Kier molecular flexibility index (Phi) is 2.56. The van der Waals surface area contributed by atoms with Crippen LogP contribution in [0.4, 0.5) is 5.69 Å². The van der Waals surface area contributed by atoms with E-state index in [1.54, 1.807) is 0 Å². The number of thiophene rings is 1. The Morgan fingerprint density at radius 1 is 1.50 bits per heavy atom. The van der Waals surface area contributed by atoms with E-state index < -0.39 is 0 Å². The molecule has 2 aromatic rings. The van der Waals surface area contributed by atoms with E-state index in [-0.39, 0.29) is 0 Å². The second-order valence-electron chi connectivity index (χ2n) is 2.95. The van der Waals surface area contributed by atoms with Gasteiger partial charge >= 0.3 is 0 Å². The van der Waals surface area contributed by atoms with Crippen LogP contribution in [0, 0.1) is 0 Å². The van der Waals surface area contributed by atoms with Gasteiger partial charge in [-0.3, -0.25) is 4.79 Å². The number of halogens is 1. The first-order chi connectivity index (χ1) is 6.76. The molecule has 0 atom stereocenters. The van der Waals surface area contributed by atoms with Gasteiger partial charge in [-0.15, -0.1) is 11.3 Å². The highest BCUT2D eigenvalue weighted by molar-refractivity contribution is 9.08. The van der Waals surface area contributed by atoms with Crippen molar-refractivity contribution >= 4 is 49.3 Å². The maximum absolute atomic E-state index is 10.8. The fourth-order valence-electron chi connectivity index (χ4n) is 1.42. The third-order valence-electron chi connectivity index (χ3n) is 2.09. The molecule has 0 amide bonds. The van der Waals surface area contributed by atoms with E-state index in [9.17, 15) is 4.79 Å². The molecule has 1 aromatic heterocycles. The van der Waals surface area contributed by atoms with Gasteiger partial charge in [0.15, 0.2) is 6.29 Å². The lowest BCUT2D eigenvalue weighted by atomic mass is 10.1. The largest absolute Gasteiger partial charge is 0.399 e. The van der Waals surface area contributed by atoms with Crippen LogP contribution in [0.5, 0.6) is 0 Å². The molecular weight excluding hydrogens is 262 g/mol. The summed E-state index contributed by atoms with van der Waals surface area (Å²) in [5, 5.41) is 1.76. The lowest BCUT2D eigenvalue weighted by Gasteiger charge is -1.95. The van der Waals surface area contributed by atoms with Gasteiger partial charge in [0, 0.05) is 15.7 Å². The molecule has 0 radical (unpaired) electrons. The summed E-state index contributed by atoms with van der Waals surface area (Å²) in [6.07, 6.45) is 0.900. The molecule has 0 fully saturated rings. The number of hydrogen-bond donors (Lipinski definition) is 1. The van der Waals surface area contributed by atoms with Gasteiger partial charge < -0.3 is 5.73 Å². The third-order valence-corrected chi connectivity index (χ3v) is 3.79. The molecule has 0 aliphatic heterocycles. The zero-order valence-corrected chi connectivity index (χ0v) is 9.69. The van der Waals surface area contributed by atoms with Crippen molar-refractivity contribution in [2.45, 2.75) is 5.33 Å². The van der Waals surface area contributed by atoms with Crippen LogP contribution in [-0.2, 0) is 5.33 Å². The summed E-state index contributed by atoms with van der Waals surface area (Å²) < 4.78 is 1.11. The van der Waals surface area contributed by atoms with Gasteiger partial charge in [-0.25, -0.2) is 0 Å². The van der Waals surface area contributed by atoms with Crippen LogP contribution in [0.1, 0.15) is 15.2 Å². The normalized spacial score (nSPS) is 10.6. The molecule has 72 valence electrons. The van der Waals surface area contributed by atoms with Crippen molar-refractivity contribution in [3.05, 3.63) is 28.6 Å². The Morgan fingerprint density at radius 2 is 2.29 bits per heavy atom. The average molecular weight is 270 g/mol. The second-order valence-corrected chi connectivity index (χ2v) is 4.60. The summed E-state index contributed by atoms with van der Waals surface area (Å²) in [6, 6.07) is 5.72. The maximum Gasteiger partial charge on any atom is 0.160 e. The van der Waals surface area contributed by atoms with Crippen LogP contribution >= 0.6 is 27.3 Å². The van der Waals surface area contributed by atoms with E-state index in [4.69, 9.17) is 5.73 Å². The number of aldehydes is 1. The predicted octanol–water partition coefficient (Wildman–Crippen LogP) is 3.19. The number of anilines is 1. The Hall–Kier alpha value is -0.870. The number of carbonyl (C=O) groups excluding carboxylic acids is 1. The molecule has 2 rings (SSSR count). The van der Waals surface area contributed by atoms with E-state index >= 15 is 0 Å². The second kappa shape index (κ2) is 3.71. The first-order valence-corrected chi connectivity index (χ1v) is 6.02. The van der Waals surface area contributed by atoms with Gasteiger partial charge in [-0.05, 0) is 29.1 Å². The number of fused-ring (bicyclic) bond motifs is 1. The van der Waals surface area contributed by atoms with E-state index in [2.05, 4.69) is 15.9 Å². The van der Waals surface area contributed by atoms with Gasteiger partial charge in [0.2, 0.25) is 0 Å². The molecule has 0 saturated carbocycles. The standard InChI is InChI=1S/C10H8BrNOS/c11-4-8-7-3-6(12)1-2-9(7)14-10(8)5-13/h1-3,5H,4,12H2. The molecule has 0 aliphatic rings. The summed E-state index contributed by atoms with van der Waals surface area (Å²) >= 11 is 4.88. The number of nitrogens with two attached hydrogens (primary N) is 1. The van der Waals surface area contributed by atoms with E-state index in [0.29, 0.717) is 5.33 Å². The van der Waals surface area contributed by atoms with Crippen LogP contribution in [0.15, 0.2) is 18.2 Å². The van der Waals surface area contributed by atoms with Gasteiger partial charge in [0.1, 0.15) is 0 Å². The minimum Gasteiger partial charge on any atom is -0.399 e. The molecule has 0 saturated heterocycles. The molecule has 4 heteroatoms. The van der Waals surface area contributed by atoms with Crippen LogP contribution in [0.3, 0.4) is 0 Å². The molecule has 2 nitrogen and oxygen atoms in total. The molecular formula is C10H8BrNOS.